The first kappa shape index (κ1) is 70.4. The van der Waals surface area contributed by atoms with Gasteiger partial charge in [0.05, 0.1) is 39.9 Å². The fraction of sp³-hybridized carbons (Fsp3) is 0.730. The number of likely N-dealkylation sites (N-methyl/N-ethyl adjacent to an activating group) is 1. The lowest BCUT2D eigenvalue weighted by molar-refractivity contribution is -0.870. The Balaban J connectivity index is 4.10. The molecule has 0 spiro atoms. The molecule has 73 heavy (non-hydrogen) atoms. The lowest BCUT2D eigenvalue weighted by Gasteiger charge is -2.28. The lowest BCUT2D eigenvalue weighted by Crippen LogP contribution is -2.51. The summed E-state index contributed by atoms with van der Waals surface area (Å²) in [5, 5.41) is 24.8. The Kier molecular flexibility index (Phi) is 50.9. The molecule has 0 aliphatic heterocycles. The molecule has 4 unspecified atom stereocenters. The zero-order valence-electron chi connectivity index (χ0n) is 47.7. The van der Waals surface area contributed by atoms with Crippen molar-refractivity contribution < 1.29 is 38.0 Å². The van der Waals surface area contributed by atoms with Crippen LogP contribution in [-0.2, 0) is 18.4 Å². The Labute approximate surface area is 450 Å². The number of quaternary nitrogens is 1. The van der Waals surface area contributed by atoms with Crippen molar-refractivity contribution >= 4 is 13.7 Å². The molecule has 0 aliphatic rings. The number of carbonyl (C=O) groups is 1. The summed E-state index contributed by atoms with van der Waals surface area (Å²) in [6, 6.07) is -1.05. The van der Waals surface area contributed by atoms with Gasteiger partial charge in [-0.25, -0.2) is 4.57 Å². The van der Waals surface area contributed by atoms with Crippen molar-refractivity contribution in [1.29, 1.82) is 0 Å². The molecule has 4 N–H and O–H groups in total. The Bertz CT molecular complexity index is 1530. The minimum absolute atomic E-state index is 0.0135. The van der Waals surface area contributed by atoms with Crippen LogP contribution in [0.25, 0.3) is 0 Å². The summed E-state index contributed by atoms with van der Waals surface area (Å²) in [5.74, 6) is -0.271. The Morgan fingerprint density at radius 3 is 1.26 bits per heavy atom. The minimum atomic E-state index is -4.43. The van der Waals surface area contributed by atoms with E-state index in [1.54, 1.807) is 0 Å². The van der Waals surface area contributed by atoms with Crippen LogP contribution in [0.5, 0.6) is 0 Å². The van der Waals surface area contributed by atoms with Crippen LogP contribution in [-0.4, -0.2) is 84.6 Å². The van der Waals surface area contributed by atoms with Crippen molar-refractivity contribution in [3.8, 4) is 0 Å². The van der Waals surface area contributed by atoms with Crippen LogP contribution in [0.1, 0.15) is 239 Å². The molecule has 4 atom stereocenters. The van der Waals surface area contributed by atoms with Gasteiger partial charge >= 0.3 is 7.82 Å². The maximum atomic E-state index is 13.0. The molecule has 0 bridgehead atoms. The number of nitrogens with zero attached hydrogens (tertiary/aromatic N) is 1. The molecule has 422 valence electrons. The number of allylic oxidation sites excluding steroid dienone is 16. The molecular formula is C63H114N2O7P+. The molecule has 0 aliphatic carbocycles. The average Bonchev–Trinajstić information content (AvgIpc) is 3.35. The fourth-order valence-corrected chi connectivity index (χ4v) is 8.98. The summed E-state index contributed by atoms with van der Waals surface area (Å²) in [7, 11) is 1.41. The third kappa shape index (κ3) is 54.0. The molecule has 0 aromatic heterocycles. The van der Waals surface area contributed by atoms with Crippen LogP contribution in [0.2, 0.25) is 0 Å². The van der Waals surface area contributed by atoms with Crippen LogP contribution < -0.4 is 5.32 Å². The van der Waals surface area contributed by atoms with Crippen molar-refractivity contribution in [3.63, 3.8) is 0 Å². The standard InChI is InChI=1S/C63H113N2O7P/c1-6-8-10-12-14-16-18-20-21-22-23-24-25-26-27-28-29-30-31-32-33-34-35-36-37-38-39-40-41-42-43-44-46-48-50-52-54-56-62(67)64-60(59-72-73(69,70)71-58-57-65(3,4)5)63(68)61(66)55-53-51-49-47-45-19-17-15-13-11-9-7-2/h8,10,14,16,20-21,23-24,26-27,29-30,32-33,47,49,60-61,63,66,68H,6-7,9,11-13,15,17-19,22,25,28,31,34-46,48,50-59H2,1-5H3,(H-,64,67,69,70)/p+1/b10-8-,16-14-,21-20-,24-23-,27-26-,30-29-,33-32-,49-47+. The van der Waals surface area contributed by atoms with Gasteiger partial charge in [0, 0.05) is 6.42 Å². The van der Waals surface area contributed by atoms with Crippen LogP contribution in [0, 0.1) is 0 Å². The maximum absolute atomic E-state index is 13.0. The average molecular weight is 1040 g/mol. The van der Waals surface area contributed by atoms with Crippen LogP contribution in [0.4, 0.5) is 0 Å². The van der Waals surface area contributed by atoms with Crippen molar-refractivity contribution in [3.05, 3.63) is 97.2 Å². The summed E-state index contributed by atoms with van der Waals surface area (Å²) in [4.78, 5) is 23.3. The quantitative estimate of drug-likeness (QED) is 0.0207. The Morgan fingerprint density at radius 2 is 0.849 bits per heavy atom. The summed E-state index contributed by atoms with van der Waals surface area (Å²) in [6.45, 7) is 4.46. The molecule has 9 nitrogen and oxygen atoms in total. The van der Waals surface area contributed by atoms with E-state index in [1.165, 1.54) is 122 Å². The van der Waals surface area contributed by atoms with Gasteiger partial charge in [-0.2, -0.15) is 0 Å². The van der Waals surface area contributed by atoms with Gasteiger partial charge in [-0.05, 0) is 96.3 Å². The van der Waals surface area contributed by atoms with Crippen LogP contribution in [0.15, 0.2) is 97.2 Å². The van der Waals surface area contributed by atoms with Crippen LogP contribution >= 0.6 is 7.82 Å². The normalized spacial score (nSPS) is 15.0. The summed E-state index contributed by atoms with van der Waals surface area (Å²) >= 11 is 0. The molecular weight excluding hydrogens is 928 g/mol. The number of nitrogens with one attached hydrogen (secondary N) is 1. The highest BCUT2D eigenvalue weighted by Crippen LogP contribution is 2.43. The number of rotatable bonds is 53. The number of phosphoric ester groups is 1. The molecule has 0 saturated carbocycles. The van der Waals surface area contributed by atoms with E-state index >= 15 is 0 Å². The zero-order valence-corrected chi connectivity index (χ0v) is 48.6. The van der Waals surface area contributed by atoms with Crippen molar-refractivity contribution in [2.75, 3.05) is 40.9 Å². The molecule has 1 amide bonds. The molecule has 0 heterocycles. The Hall–Kier alpha value is -2.62. The summed E-state index contributed by atoms with van der Waals surface area (Å²) in [5.41, 5.74) is 0. The van der Waals surface area contributed by atoms with Crippen molar-refractivity contribution in [2.24, 2.45) is 0 Å². The van der Waals surface area contributed by atoms with Gasteiger partial charge in [-0.1, -0.05) is 233 Å². The van der Waals surface area contributed by atoms with E-state index in [9.17, 15) is 24.5 Å². The fourth-order valence-electron chi connectivity index (χ4n) is 8.24. The molecule has 0 aromatic rings. The van der Waals surface area contributed by atoms with Crippen LogP contribution in [0.3, 0.4) is 0 Å². The SMILES string of the molecule is CC/C=C\C/C=C\C/C=C\C/C=C\C/C=C\C/C=C\C/C=C\CCCCCCCCCCCCCCCCCC(=O)NC(COP(=O)(O)OCC[N+](C)(C)C)C(O)C(O)CCC/C=C/CCCCCCCCC. The number of unbranched alkanes of at least 4 members (excludes halogenated alkanes) is 23. The molecule has 0 saturated heterocycles. The molecule has 0 rings (SSSR count). The predicted octanol–water partition coefficient (Wildman–Crippen LogP) is 17.2. The highest BCUT2D eigenvalue weighted by atomic mass is 31.2. The smallest absolute Gasteiger partial charge is 0.390 e. The molecule has 10 heteroatoms. The Morgan fingerprint density at radius 1 is 0.493 bits per heavy atom. The second kappa shape index (κ2) is 52.8. The number of aliphatic hydroxyl groups excluding tert-OH is 2. The molecule has 0 fully saturated rings. The number of phosphoric acid groups is 1. The second-order valence-electron chi connectivity index (χ2n) is 21.1. The number of aliphatic hydroxyl groups is 2. The van der Waals surface area contributed by atoms with Crippen molar-refractivity contribution in [1.82, 2.24) is 5.32 Å². The number of amides is 1. The minimum Gasteiger partial charge on any atom is -0.390 e. The van der Waals surface area contributed by atoms with E-state index < -0.39 is 32.7 Å². The second-order valence-corrected chi connectivity index (χ2v) is 22.6. The summed E-state index contributed by atoms with van der Waals surface area (Å²) < 4.78 is 23.6. The first-order valence-electron chi connectivity index (χ1n) is 29.7. The summed E-state index contributed by atoms with van der Waals surface area (Å²) in [6.07, 6.45) is 72.2. The monoisotopic (exact) mass is 1040 g/mol. The van der Waals surface area contributed by atoms with Gasteiger partial charge in [0.15, 0.2) is 0 Å². The number of carbonyl (C=O) groups excluding carboxylic acids is 1. The first-order valence-corrected chi connectivity index (χ1v) is 31.2. The topological polar surface area (TPSA) is 125 Å². The number of hydrogen-bond donors (Lipinski definition) is 4. The lowest BCUT2D eigenvalue weighted by atomic mass is 10.0. The van der Waals surface area contributed by atoms with Crippen molar-refractivity contribution in [2.45, 2.75) is 257 Å². The van der Waals surface area contributed by atoms with Gasteiger partial charge in [0.1, 0.15) is 19.3 Å². The van der Waals surface area contributed by atoms with Gasteiger partial charge in [-0.3, -0.25) is 13.8 Å². The van der Waals surface area contributed by atoms with E-state index in [1.807, 2.05) is 21.1 Å². The maximum Gasteiger partial charge on any atom is 0.472 e. The largest absolute Gasteiger partial charge is 0.472 e. The van der Waals surface area contributed by atoms with E-state index in [-0.39, 0.29) is 18.9 Å². The van der Waals surface area contributed by atoms with Gasteiger partial charge in [0.2, 0.25) is 5.91 Å². The van der Waals surface area contributed by atoms with E-state index in [2.05, 4.69) is 116 Å². The highest BCUT2D eigenvalue weighted by molar-refractivity contribution is 7.47. The molecule has 0 aromatic carbocycles. The van der Waals surface area contributed by atoms with Gasteiger partial charge in [0.25, 0.3) is 0 Å². The van der Waals surface area contributed by atoms with E-state index in [4.69, 9.17) is 9.05 Å². The molecule has 0 radical (unpaired) electrons. The third-order valence-corrected chi connectivity index (χ3v) is 13.9. The first-order chi connectivity index (χ1) is 35.4. The van der Waals surface area contributed by atoms with E-state index in [0.717, 1.165) is 83.5 Å². The number of hydrogen-bond acceptors (Lipinski definition) is 6. The van der Waals surface area contributed by atoms with Gasteiger partial charge in [-0.15, -0.1) is 0 Å². The van der Waals surface area contributed by atoms with E-state index in [0.29, 0.717) is 23.9 Å². The zero-order chi connectivity index (χ0) is 53.6. The predicted molar refractivity (Wildman–Crippen MR) is 315 cm³/mol. The third-order valence-electron chi connectivity index (χ3n) is 12.9. The van der Waals surface area contributed by atoms with Gasteiger partial charge < -0.3 is 24.9 Å². The highest BCUT2D eigenvalue weighted by Gasteiger charge is 2.31.